The number of imidazole rings is 1. The second-order valence-electron chi connectivity index (χ2n) is 4.62. The highest BCUT2D eigenvalue weighted by Crippen LogP contribution is 2.24. The molecule has 2 N–H and O–H groups in total. The van der Waals surface area contributed by atoms with E-state index in [-0.39, 0.29) is 18.2 Å². The van der Waals surface area contributed by atoms with Crippen LogP contribution in [0.4, 0.5) is 0 Å². The van der Waals surface area contributed by atoms with Crippen molar-refractivity contribution in [2.45, 2.75) is 24.4 Å². The SMILES string of the molecule is CCc1ncc(S(=O)(=O)N(C)C2COCC2C(=O)O)[nH]1. The number of ether oxygens (including phenoxy) is 1. The monoisotopic (exact) mass is 303 g/mol. The van der Waals surface area contributed by atoms with Crippen LogP contribution in [-0.2, 0) is 26.0 Å². The Hall–Kier alpha value is -1.45. The number of carboxylic acid groups (broad SMARTS) is 1. The van der Waals surface area contributed by atoms with Crippen molar-refractivity contribution in [3.63, 3.8) is 0 Å². The van der Waals surface area contributed by atoms with Crippen LogP contribution < -0.4 is 0 Å². The number of rotatable bonds is 5. The molecule has 1 fully saturated rings. The summed E-state index contributed by atoms with van der Waals surface area (Å²) >= 11 is 0. The van der Waals surface area contributed by atoms with Crippen molar-refractivity contribution in [1.29, 1.82) is 0 Å². The molecular weight excluding hydrogens is 286 g/mol. The lowest BCUT2D eigenvalue weighted by molar-refractivity contribution is -0.142. The lowest BCUT2D eigenvalue weighted by Gasteiger charge is -2.24. The maximum absolute atomic E-state index is 12.4. The molecule has 2 atom stereocenters. The van der Waals surface area contributed by atoms with Gasteiger partial charge in [-0.2, -0.15) is 4.31 Å². The van der Waals surface area contributed by atoms with Crippen LogP contribution in [0.2, 0.25) is 0 Å². The van der Waals surface area contributed by atoms with Gasteiger partial charge in [0.25, 0.3) is 10.0 Å². The van der Waals surface area contributed by atoms with Crippen molar-refractivity contribution in [3.8, 4) is 0 Å². The Bertz CT molecular complexity index is 597. The highest BCUT2D eigenvalue weighted by atomic mass is 32.2. The fourth-order valence-electron chi connectivity index (χ4n) is 2.12. The normalized spacial score (nSPS) is 23.4. The molecule has 0 amide bonds. The fourth-order valence-corrected chi connectivity index (χ4v) is 3.43. The van der Waals surface area contributed by atoms with E-state index in [1.807, 2.05) is 6.92 Å². The number of nitrogens with one attached hydrogen (secondary N) is 1. The second kappa shape index (κ2) is 5.51. The van der Waals surface area contributed by atoms with Crippen molar-refractivity contribution in [3.05, 3.63) is 12.0 Å². The standard InChI is InChI=1S/C11H17N3O5S/c1-3-9-12-4-10(13-9)20(17,18)14(2)8-6-19-5-7(8)11(15)16/h4,7-8H,3,5-6H2,1-2H3,(H,12,13)(H,15,16). The first-order valence-electron chi connectivity index (χ1n) is 6.20. The maximum Gasteiger partial charge on any atom is 0.310 e. The number of carboxylic acids is 1. The van der Waals surface area contributed by atoms with Gasteiger partial charge in [-0.3, -0.25) is 4.79 Å². The average molecular weight is 303 g/mol. The van der Waals surface area contributed by atoms with E-state index in [0.717, 1.165) is 4.31 Å². The molecule has 1 aromatic heterocycles. The summed E-state index contributed by atoms with van der Waals surface area (Å²) in [5.74, 6) is -1.36. The van der Waals surface area contributed by atoms with Gasteiger partial charge in [0.05, 0.1) is 31.4 Å². The minimum atomic E-state index is -3.81. The van der Waals surface area contributed by atoms with E-state index >= 15 is 0 Å². The average Bonchev–Trinajstić information content (AvgIpc) is 3.06. The molecule has 8 nitrogen and oxygen atoms in total. The molecule has 2 unspecified atom stereocenters. The van der Waals surface area contributed by atoms with E-state index in [1.54, 1.807) is 0 Å². The van der Waals surface area contributed by atoms with Crippen molar-refractivity contribution in [2.75, 3.05) is 20.3 Å². The molecule has 0 aromatic carbocycles. The van der Waals surface area contributed by atoms with Crippen molar-refractivity contribution >= 4 is 16.0 Å². The van der Waals surface area contributed by atoms with Gasteiger partial charge in [-0.15, -0.1) is 0 Å². The highest BCUT2D eigenvalue weighted by Gasteiger charge is 2.41. The van der Waals surface area contributed by atoms with Gasteiger partial charge in [-0.05, 0) is 0 Å². The zero-order valence-electron chi connectivity index (χ0n) is 11.2. The molecule has 1 saturated heterocycles. The molecule has 0 radical (unpaired) electrons. The van der Waals surface area contributed by atoms with E-state index in [1.165, 1.54) is 13.2 Å². The molecular formula is C11H17N3O5S. The third-order valence-corrected chi connectivity index (χ3v) is 5.22. The molecule has 0 saturated carbocycles. The summed E-state index contributed by atoms with van der Waals surface area (Å²) in [6.45, 7) is 1.94. The second-order valence-corrected chi connectivity index (χ2v) is 6.58. The third-order valence-electron chi connectivity index (χ3n) is 3.43. The molecule has 112 valence electrons. The smallest absolute Gasteiger partial charge is 0.310 e. The molecule has 1 aliphatic heterocycles. The van der Waals surface area contributed by atoms with E-state index in [0.29, 0.717) is 12.2 Å². The molecule has 2 rings (SSSR count). The minimum Gasteiger partial charge on any atom is -0.481 e. The highest BCUT2D eigenvalue weighted by molar-refractivity contribution is 7.89. The molecule has 9 heteroatoms. The number of sulfonamides is 1. The lowest BCUT2D eigenvalue weighted by Crippen LogP contribution is -2.44. The summed E-state index contributed by atoms with van der Waals surface area (Å²) in [4.78, 5) is 17.8. The van der Waals surface area contributed by atoms with Crippen molar-refractivity contribution in [2.24, 2.45) is 5.92 Å². The summed E-state index contributed by atoms with van der Waals surface area (Å²) < 4.78 is 31.0. The minimum absolute atomic E-state index is 0.0169. The van der Waals surface area contributed by atoms with Crippen LogP contribution >= 0.6 is 0 Å². The third kappa shape index (κ3) is 2.56. The maximum atomic E-state index is 12.4. The Morgan fingerprint density at radius 2 is 2.30 bits per heavy atom. The van der Waals surface area contributed by atoms with Crippen LogP contribution in [0.5, 0.6) is 0 Å². The van der Waals surface area contributed by atoms with Crippen LogP contribution in [0, 0.1) is 5.92 Å². The first-order chi connectivity index (χ1) is 9.37. The van der Waals surface area contributed by atoms with Crippen LogP contribution in [0.25, 0.3) is 0 Å². The van der Waals surface area contributed by atoms with E-state index < -0.39 is 28.0 Å². The summed E-state index contributed by atoms with van der Waals surface area (Å²) in [6, 6.07) is -0.717. The largest absolute Gasteiger partial charge is 0.481 e. The van der Waals surface area contributed by atoms with Gasteiger partial charge in [0, 0.05) is 13.5 Å². The Morgan fingerprint density at radius 3 is 2.85 bits per heavy atom. The Kier molecular flexibility index (Phi) is 4.11. The van der Waals surface area contributed by atoms with Crippen LogP contribution in [-0.4, -0.2) is 60.1 Å². The van der Waals surface area contributed by atoms with Gasteiger partial charge in [-0.1, -0.05) is 6.92 Å². The molecule has 0 spiro atoms. The van der Waals surface area contributed by atoms with Crippen molar-refractivity contribution < 1.29 is 23.1 Å². The number of aliphatic carboxylic acids is 1. The van der Waals surface area contributed by atoms with Gasteiger partial charge in [-0.25, -0.2) is 13.4 Å². The molecule has 1 aliphatic rings. The summed E-state index contributed by atoms with van der Waals surface area (Å²) in [6.07, 6.45) is 1.83. The quantitative estimate of drug-likeness (QED) is 0.771. The van der Waals surface area contributed by atoms with Gasteiger partial charge in [0.15, 0.2) is 5.03 Å². The number of hydrogen-bond donors (Lipinski definition) is 2. The number of likely N-dealkylation sites (N-methyl/N-ethyl adjacent to an activating group) is 1. The Labute approximate surface area is 116 Å². The van der Waals surface area contributed by atoms with E-state index in [4.69, 9.17) is 9.84 Å². The summed E-state index contributed by atoms with van der Waals surface area (Å²) in [5, 5.41) is 9.06. The summed E-state index contributed by atoms with van der Waals surface area (Å²) in [7, 11) is -2.45. The number of aryl methyl sites for hydroxylation is 1. The number of hydrogen-bond acceptors (Lipinski definition) is 5. The molecule has 0 aliphatic carbocycles. The van der Waals surface area contributed by atoms with Gasteiger partial charge < -0.3 is 14.8 Å². The first kappa shape index (κ1) is 14.9. The van der Waals surface area contributed by atoms with Gasteiger partial charge in [0.1, 0.15) is 5.82 Å². The predicted octanol–water partition coefficient (Wildman–Crippen LogP) is -0.308. The Morgan fingerprint density at radius 1 is 1.60 bits per heavy atom. The number of nitrogens with zero attached hydrogens (tertiary/aromatic N) is 2. The first-order valence-corrected chi connectivity index (χ1v) is 7.64. The summed E-state index contributed by atoms with van der Waals surface area (Å²) in [5.41, 5.74) is 0. The fraction of sp³-hybridized carbons (Fsp3) is 0.636. The lowest BCUT2D eigenvalue weighted by atomic mass is 10.1. The molecule has 0 bridgehead atoms. The van der Waals surface area contributed by atoms with E-state index in [9.17, 15) is 13.2 Å². The van der Waals surface area contributed by atoms with Gasteiger partial charge >= 0.3 is 5.97 Å². The molecule has 1 aromatic rings. The number of carbonyl (C=O) groups is 1. The van der Waals surface area contributed by atoms with E-state index in [2.05, 4.69) is 9.97 Å². The number of aromatic amines is 1. The molecule has 2 heterocycles. The van der Waals surface area contributed by atoms with Crippen molar-refractivity contribution in [1.82, 2.24) is 14.3 Å². The van der Waals surface area contributed by atoms with Crippen LogP contribution in [0.15, 0.2) is 11.2 Å². The number of H-pyrrole nitrogens is 1. The van der Waals surface area contributed by atoms with Crippen LogP contribution in [0.1, 0.15) is 12.7 Å². The Balaban J connectivity index is 2.27. The predicted molar refractivity (Wildman–Crippen MR) is 68.6 cm³/mol. The topological polar surface area (TPSA) is 113 Å². The molecule has 20 heavy (non-hydrogen) atoms. The van der Waals surface area contributed by atoms with Crippen LogP contribution in [0.3, 0.4) is 0 Å². The van der Waals surface area contributed by atoms with Gasteiger partial charge in [0.2, 0.25) is 0 Å². The zero-order valence-corrected chi connectivity index (χ0v) is 12.1. The number of aromatic nitrogens is 2. The zero-order chi connectivity index (χ0) is 14.9.